The lowest BCUT2D eigenvalue weighted by Gasteiger charge is -2.15. The first kappa shape index (κ1) is 17.7. The number of nitrogens with zero attached hydrogens (tertiary/aromatic N) is 3. The molecule has 1 aliphatic rings. The Morgan fingerprint density at radius 2 is 2.07 bits per heavy atom. The van der Waals surface area contributed by atoms with Gasteiger partial charge in [-0.3, -0.25) is 9.78 Å². The molecule has 27 heavy (non-hydrogen) atoms. The van der Waals surface area contributed by atoms with Gasteiger partial charge in [0.15, 0.2) is 0 Å². The molecule has 3 heterocycles. The third-order valence-corrected chi connectivity index (χ3v) is 5.67. The molecule has 1 N–H and O–H groups in total. The minimum atomic E-state index is 0.294. The number of aromatic nitrogens is 2. The van der Waals surface area contributed by atoms with Crippen molar-refractivity contribution in [3.05, 3.63) is 60.2 Å². The van der Waals surface area contributed by atoms with Crippen LogP contribution in [-0.4, -0.2) is 28.9 Å². The van der Waals surface area contributed by atoms with Gasteiger partial charge in [-0.05, 0) is 18.6 Å². The summed E-state index contributed by atoms with van der Waals surface area (Å²) in [6, 6.07) is 14.4. The number of hydrogen-bond donors (Lipinski definition) is 1. The van der Waals surface area contributed by atoms with Crippen molar-refractivity contribution >= 4 is 28.1 Å². The minimum Gasteiger partial charge on any atom is -0.343 e. The van der Waals surface area contributed by atoms with Gasteiger partial charge in [-0.2, -0.15) is 0 Å². The lowest BCUT2D eigenvalue weighted by Crippen LogP contribution is -2.38. The SMILES string of the molecule is O=C1CCCN1CCC[n+]1c(-c2ccccc2)csc1Nc1cccnc1. The van der Waals surface area contributed by atoms with Gasteiger partial charge in [-0.15, -0.1) is 0 Å². The van der Waals surface area contributed by atoms with Crippen LogP contribution >= 0.6 is 11.3 Å². The van der Waals surface area contributed by atoms with Gasteiger partial charge in [0.2, 0.25) is 5.91 Å². The van der Waals surface area contributed by atoms with Crippen molar-refractivity contribution < 1.29 is 9.36 Å². The third kappa shape index (κ3) is 4.17. The average Bonchev–Trinajstić information content (AvgIpc) is 3.30. The molecular formula is C21H23N4OS+. The van der Waals surface area contributed by atoms with Crippen molar-refractivity contribution in [1.82, 2.24) is 9.88 Å². The smallest absolute Gasteiger partial charge is 0.339 e. The quantitative estimate of drug-likeness (QED) is 0.634. The summed E-state index contributed by atoms with van der Waals surface area (Å²) >= 11 is 1.69. The van der Waals surface area contributed by atoms with E-state index in [0.717, 1.165) is 43.3 Å². The van der Waals surface area contributed by atoms with E-state index >= 15 is 0 Å². The fourth-order valence-electron chi connectivity index (χ4n) is 3.42. The summed E-state index contributed by atoms with van der Waals surface area (Å²) in [7, 11) is 0. The summed E-state index contributed by atoms with van der Waals surface area (Å²) in [6.07, 6.45) is 6.24. The molecule has 6 heteroatoms. The summed E-state index contributed by atoms with van der Waals surface area (Å²) in [5, 5.41) is 6.76. The molecule has 0 saturated carbocycles. The van der Waals surface area contributed by atoms with E-state index in [9.17, 15) is 4.79 Å². The Labute approximate surface area is 163 Å². The van der Waals surface area contributed by atoms with E-state index in [1.807, 2.05) is 29.3 Å². The first-order valence-electron chi connectivity index (χ1n) is 9.33. The van der Waals surface area contributed by atoms with Gasteiger partial charge in [0, 0.05) is 43.1 Å². The first-order chi connectivity index (χ1) is 13.3. The Morgan fingerprint density at radius 1 is 1.19 bits per heavy atom. The molecule has 4 rings (SSSR count). The van der Waals surface area contributed by atoms with Gasteiger partial charge in [-0.25, -0.2) is 9.88 Å². The Bertz CT molecular complexity index is 895. The molecular weight excluding hydrogens is 356 g/mol. The number of hydrogen-bond acceptors (Lipinski definition) is 4. The predicted octanol–water partition coefficient (Wildman–Crippen LogP) is 3.85. The van der Waals surface area contributed by atoms with Crippen molar-refractivity contribution in [3.63, 3.8) is 0 Å². The van der Waals surface area contributed by atoms with E-state index in [4.69, 9.17) is 0 Å². The largest absolute Gasteiger partial charge is 0.343 e. The molecule has 1 saturated heterocycles. The van der Waals surface area contributed by atoms with Crippen LogP contribution < -0.4 is 9.88 Å². The zero-order valence-corrected chi connectivity index (χ0v) is 16.0. The zero-order chi connectivity index (χ0) is 18.5. The van der Waals surface area contributed by atoms with Gasteiger partial charge in [0.1, 0.15) is 11.4 Å². The van der Waals surface area contributed by atoms with Gasteiger partial charge in [-0.1, -0.05) is 41.7 Å². The van der Waals surface area contributed by atoms with Crippen LogP contribution in [0, 0.1) is 0 Å². The highest BCUT2D eigenvalue weighted by atomic mass is 32.1. The topological polar surface area (TPSA) is 49.1 Å². The summed E-state index contributed by atoms with van der Waals surface area (Å²) in [5.74, 6) is 0.294. The number of amides is 1. The van der Waals surface area contributed by atoms with Gasteiger partial charge >= 0.3 is 5.13 Å². The van der Waals surface area contributed by atoms with Crippen LogP contribution in [0.3, 0.4) is 0 Å². The van der Waals surface area contributed by atoms with E-state index in [1.54, 1.807) is 17.5 Å². The molecule has 0 aliphatic carbocycles. The molecule has 0 bridgehead atoms. The summed E-state index contributed by atoms with van der Waals surface area (Å²) in [6.45, 7) is 2.59. The summed E-state index contributed by atoms with van der Waals surface area (Å²) < 4.78 is 2.31. The molecule has 3 aromatic rings. The number of carbonyl (C=O) groups is 1. The number of nitrogens with one attached hydrogen (secondary N) is 1. The second-order valence-corrected chi connectivity index (χ2v) is 7.51. The standard InChI is InChI=1S/C21H22N4OS/c26-20-10-5-12-24(20)13-6-14-25-19(17-7-2-1-3-8-17)16-27-21(25)23-18-9-4-11-22-15-18/h1-4,7-9,11,15-16H,5-6,10,12-14H2/p+1. The van der Waals surface area contributed by atoms with Gasteiger partial charge < -0.3 is 4.90 Å². The fraction of sp³-hybridized carbons (Fsp3) is 0.286. The summed E-state index contributed by atoms with van der Waals surface area (Å²) in [4.78, 5) is 18.0. The van der Waals surface area contributed by atoms with Crippen molar-refractivity contribution in [2.24, 2.45) is 0 Å². The molecule has 1 fully saturated rings. The fourth-order valence-corrected chi connectivity index (χ4v) is 4.40. The number of carbonyl (C=O) groups excluding carboxylic acids is 1. The molecule has 0 radical (unpaired) electrons. The van der Waals surface area contributed by atoms with Crippen LogP contribution in [0.1, 0.15) is 19.3 Å². The van der Waals surface area contributed by atoms with E-state index in [0.29, 0.717) is 12.3 Å². The Kier molecular flexibility index (Phi) is 5.44. The Hall–Kier alpha value is -2.73. The van der Waals surface area contributed by atoms with Crippen LogP contribution in [0.25, 0.3) is 11.3 Å². The van der Waals surface area contributed by atoms with Crippen LogP contribution in [0.15, 0.2) is 60.2 Å². The van der Waals surface area contributed by atoms with Crippen molar-refractivity contribution in [2.75, 3.05) is 18.4 Å². The Balaban J connectivity index is 1.55. The molecule has 1 aliphatic heterocycles. The van der Waals surface area contributed by atoms with Crippen LogP contribution in [0.2, 0.25) is 0 Å². The number of thiazole rings is 1. The number of pyridine rings is 1. The van der Waals surface area contributed by atoms with Crippen LogP contribution in [0.4, 0.5) is 10.8 Å². The third-order valence-electron chi connectivity index (χ3n) is 4.78. The first-order valence-corrected chi connectivity index (χ1v) is 10.2. The van der Waals surface area contributed by atoms with Gasteiger partial charge in [0.05, 0.1) is 12.7 Å². The predicted molar refractivity (Wildman–Crippen MR) is 108 cm³/mol. The molecule has 0 spiro atoms. The highest BCUT2D eigenvalue weighted by molar-refractivity contribution is 7.13. The normalized spacial score (nSPS) is 13.9. The maximum Gasteiger partial charge on any atom is 0.339 e. The number of rotatable bonds is 7. The monoisotopic (exact) mass is 379 g/mol. The lowest BCUT2D eigenvalue weighted by atomic mass is 10.2. The Morgan fingerprint density at radius 3 is 2.81 bits per heavy atom. The molecule has 138 valence electrons. The van der Waals surface area contributed by atoms with E-state index in [2.05, 4.69) is 44.5 Å². The molecule has 0 atom stereocenters. The van der Waals surface area contributed by atoms with Crippen molar-refractivity contribution in [1.29, 1.82) is 0 Å². The highest BCUT2D eigenvalue weighted by Gasteiger charge is 2.22. The molecule has 2 aromatic heterocycles. The van der Waals surface area contributed by atoms with Crippen LogP contribution in [-0.2, 0) is 11.3 Å². The second-order valence-electron chi connectivity index (χ2n) is 6.65. The average molecular weight is 380 g/mol. The van der Waals surface area contributed by atoms with E-state index in [-0.39, 0.29) is 0 Å². The molecule has 1 aromatic carbocycles. The summed E-state index contributed by atoms with van der Waals surface area (Å²) in [5.41, 5.74) is 3.37. The van der Waals surface area contributed by atoms with Gasteiger partial charge in [0.25, 0.3) is 0 Å². The highest BCUT2D eigenvalue weighted by Crippen LogP contribution is 2.25. The maximum atomic E-state index is 11.9. The van der Waals surface area contributed by atoms with E-state index < -0.39 is 0 Å². The second kappa shape index (κ2) is 8.31. The number of likely N-dealkylation sites (tertiary alicyclic amines) is 1. The minimum absolute atomic E-state index is 0.294. The maximum absolute atomic E-state index is 11.9. The molecule has 5 nitrogen and oxygen atoms in total. The van der Waals surface area contributed by atoms with Crippen LogP contribution in [0.5, 0.6) is 0 Å². The van der Waals surface area contributed by atoms with Crippen molar-refractivity contribution in [3.8, 4) is 11.3 Å². The zero-order valence-electron chi connectivity index (χ0n) is 15.2. The number of benzene rings is 1. The number of anilines is 2. The molecule has 0 unspecified atom stereocenters. The lowest BCUT2D eigenvalue weighted by molar-refractivity contribution is -0.668. The van der Waals surface area contributed by atoms with Crippen molar-refractivity contribution in [2.45, 2.75) is 25.8 Å². The molecule has 1 amide bonds. The van der Waals surface area contributed by atoms with E-state index in [1.165, 1.54) is 11.3 Å².